The largest absolute Gasteiger partial charge is 0.419 e. The maximum absolute atomic E-state index is 11.8. The van der Waals surface area contributed by atoms with E-state index in [4.69, 9.17) is 4.42 Å². The van der Waals surface area contributed by atoms with Crippen LogP contribution in [0.2, 0.25) is 0 Å². The summed E-state index contributed by atoms with van der Waals surface area (Å²) in [6.45, 7) is 0.811. The fourth-order valence-electron chi connectivity index (χ4n) is 2.66. The van der Waals surface area contributed by atoms with E-state index in [-0.39, 0.29) is 5.76 Å². The zero-order valence-corrected chi connectivity index (χ0v) is 11.6. The minimum Gasteiger partial charge on any atom is -0.408 e. The van der Waals surface area contributed by atoms with E-state index in [1.54, 1.807) is 4.57 Å². The molecule has 1 heterocycles. The first kappa shape index (κ1) is 11.3. The Morgan fingerprint density at radius 1 is 1.35 bits per heavy atom. The second-order valence-electron chi connectivity index (χ2n) is 4.74. The van der Waals surface area contributed by atoms with Gasteiger partial charge in [-0.15, -0.1) is 0 Å². The standard InChI is InChI=1S/C13H14INO2/c14-10-5-6-12-11(7-10)15(13(16)17-12)8-9-3-1-2-4-9/h5-7,9H,1-4,8H2. The summed E-state index contributed by atoms with van der Waals surface area (Å²) in [4.78, 5) is 11.8. The lowest BCUT2D eigenvalue weighted by molar-refractivity contribution is 0.423. The van der Waals surface area contributed by atoms with Crippen molar-refractivity contribution < 1.29 is 4.42 Å². The maximum Gasteiger partial charge on any atom is 0.419 e. The second-order valence-corrected chi connectivity index (χ2v) is 5.99. The number of nitrogens with zero attached hydrogens (tertiary/aromatic N) is 1. The fourth-order valence-corrected chi connectivity index (χ4v) is 3.13. The van der Waals surface area contributed by atoms with Crippen molar-refractivity contribution in [3.63, 3.8) is 0 Å². The van der Waals surface area contributed by atoms with Gasteiger partial charge in [-0.1, -0.05) is 12.8 Å². The Balaban J connectivity index is 2.04. The summed E-state index contributed by atoms with van der Waals surface area (Å²) in [7, 11) is 0. The van der Waals surface area contributed by atoms with Crippen LogP contribution in [0.25, 0.3) is 11.1 Å². The van der Waals surface area contributed by atoms with Crippen LogP contribution in [-0.4, -0.2) is 4.57 Å². The molecule has 0 radical (unpaired) electrons. The van der Waals surface area contributed by atoms with Gasteiger partial charge < -0.3 is 4.42 Å². The lowest BCUT2D eigenvalue weighted by Crippen LogP contribution is -2.18. The molecule has 1 fully saturated rings. The van der Waals surface area contributed by atoms with Crippen molar-refractivity contribution in [1.82, 2.24) is 4.57 Å². The molecule has 0 spiro atoms. The smallest absolute Gasteiger partial charge is 0.408 e. The van der Waals surface area contributed by atoms with E-state index in [9.17, 15) is 4.79 Å². The van der Waals surface area contributed by atoms with E-state index in [2.05, 4.69) is 22.6 Å². The van der Waals surface area contributed by atoms with Gasteiger partial charge in [0.1, 0.15) is 0 Å². The van der Waals surface area contributed by atoms with Crippen molar-refractivity contribution in [2.45, 2.75) is 32.2 Å². The summed E-state index contributed by atoms with van der Waals surface area (Å²) in [6, 6.07) is 5.87. The highest BCUT2D eigenvalue weighted by Crippen LogP contribution is 2.27. The molecule has 1 aliphatic carbocycles. The topological polar surface area (TPSA) is 35.1 Å². The third-order valence-electron chi connectivity index (χ3n) is 3.54. The molecule has 0 saturated heterocycles. The van der Waals surface area contributed by atoms with Crippen LogP contribution in [0.5, 0.6) is 0 Å². The predicted molar refractivity (Wildman–Crippen MR) is 75.1 cm³/mol. The van der Waals surface area contributed by atoms with E-state index in [0.717, 1.165) is 15.6 Å². The number of hydrogen-bond acceptors (Lipinski definition) is 2. The second kappa shape index (κ2) is 4.48. The first-order chi connectivity index (χ1) is 8.24. The van der Waals surface area contributed by atoms with Gasteiger partial charge in [0, 0.05) is 10.1 Å². The summed E-state index contributed by atoms with van der Waals surface area (Å²) in [5, 5.41) is 0. The van der Waals surface area contributed by atoms with E-state index in [1.165, 1.54) is 25.7 Å². The Bertz CT molecular complexity index is 593. The van der Waals surface area contributed by atoms with Crippen LogP contribution in [-0.2, 0) is 6.54 Å². The van der Waals surface area contributed by atoms with Gasteiger partial charge in [-0.25, -0.2) is 4.79 Å². The number of aromatic nitrogens is 1. The molecule has 0 aliphatic heterocycles. The molecule has 4 heteroatoms. The zero-order valence-electron chi connectivity index (χ0n) is 9.49. The Hall–Kier alpha value is -0.780. The third kappa shape index (κ3) is 2.14. The lowest BCUT2D eigenvalue weighted by atomic mass is 10.1. The molecule has 2 aromatic rings. The molecule has 1 aromatic carbocycles. The molecule has 90 valence electrons. The normalized spacial score (nSPS) is 17.0. The van der Waals surface area contributed by atoms with E-state index in [0.29, 0.717) is 11.5 Å². The molecular weight excluding hydrogens is 329 g/mol. The van der Waals surface area contributed by atoms with E-state index in [1.807, 2.05) is 18.2 Å². The SMILES string of the molecule is O=c1oc2ccc(I)cc2n1CC1CCCC1. The average Bonchev–Trinajstić information content (AvgIpc) is 2.90. The van der Waals surface area contributed by atoms with Gasteiger partial charge in [0.2, 0.25) is 0 Å². The number of rotatable bonds is 2. The van der Waals surface area contributed by atoms with Crippen molar-refractivity contribution in [1.29, 1.82) is 0 Å². The Morgan fingerprint density at radius 3 is 2.88 bits per heavy atom. The van der Waals surface area contributed by atoms with Crippen LogP contribution in [0.1, 0.15) is 25.7 Å². The minimum atomic E-state index is -0.214. The van der Waals surface area contributed by atoms with Crippen LogP contribution in [0, 0.1) is 9.49 Å². The third-order valence-corrected chi connectivity index (χ3v) is 4.22. The molecule has 1 aliphatic rings. The highest BCUT2D eigenvalue weighted by molar-refractivity contribution is 14.1. The van der Waals surface area contributed by atoms with E-state index >= 15 is 0 Å². The van der Waals surface area contributed by atoms with Crippen LogP contribution in [0.15, 0.2) is 27.4 Å². The Labute approximate surface area is 113 Å². The fraction of sp³-hybridized carbons (Fsp3) is 0.462. The molecule has 1 saturated carbocycles. The van der Waals surface area contributed by atoms with Crippen molar-refractivity contribution in [2.24, 2.45) is 5.92 Å². The summed E-state index contributed by atoms with van der Waals surface area (Å²) in [6.07, 6.45) is 5.07. The minimum absolute atomic E-state index is 0.214. The lowest BCUT2D eigenvalue weighted by Gasteiger charge is -2.08. The Morgan fingerprint density at radius 2 is 2.12 bits per heavy atom. The first-order valence-electron chi connectivity index (χ1n) is 6.03. The first-order valence-corrected chi connectivity index (χ1v) is 7.11. The molecular formula is C13H14INO2. The van der Waals surface area contributed by atoms with Crippen molar-refractivity contribution in [2.75, 3.05) is 0 Å². The molecule has 0 bridgehead atoms. The van der Waals surface area contributed by atoms with Gasteiger partial charge in [-0.05, 0) is 59.5 Å². The highest BCUT2D eigenvalue weighted by atomic mass is 127. The van der Waals surface area contributed by atoms with Gasteiger partial charge in [0.15, 0.2) is 5.58 Å². The zero-order chi connectivity index (χ0) is 11.8. The van der Waals surface area contributed by atoms with Gasteiger partial charge in [-0.2, -0.15) is 0 Å². The molecule has 17 heavy (non-hydrogen) atoms. The number of oxazole rings is 1. The van der Waals surface area contributed by atoms with Gasteiger partial charge in [0.05, 0.1) is 5.52 Å². The molecule has 0 atom stereocenters. The van der Waals surface area contributed by atoms with Gasteiger partial charge in [-0.3, -0.25) is 4.57 Å². The summed E-state index contributed by atoms with van der Waals surface area (Å²) < 4.78 is 8.20. The monoisotopic (exact) mass is 343 g/mol. The predicted octanol–water partition coefficient (Wildman–Crippen LogP) is 3.39. The molecule has 0 unspecified atom stereocenters. The van der Waals surface area contributed by atoms with Crippen LogP contribution < -0.4 is 5.76 Å². The van der Waals surface area contributed by atoms with Crippen molar-refractivity contribution >= 4 is 33.7 Å². The number of benzene rings is 1. The quantitative estimate of drug-likeness (QED) is 0.784. The Kier molecular flexibility index (Phi) is 2.98. The van der Waals surface area contributed by atoms with E-state index < -0.39 is 0 Å². The summed E-state index contributed by atoms with van der Waals surface area (Å²) in [5.41, 5.74) is 1.64. The van der Waals surface area contributed by atoms with Gasteiger partial charge >= 0.3 is 5.76 Å². The van der Waals surface area contributed by atoms with Crippen LogP contribution in [0.4, 0.5) is 0 Å². The molecule has 0 N–H and O–H groups in total. The van der Waals surface area contributed by atoms with Crippen molar-refractivity contribution in [3.05, 3.63) is 32.3 Å². The summed E-state index contributed by atoms with van der Waals surface area (Å²) >= 11 is 2.26. The number of hydrogen-bond donors (Lipinski definition) is 0. The average molecular weight is 343 g/mol. The molecule has 1 aromatic heterocycles. The molecule has 3 rings (SSSR count). The van der Waals surface area contributed by atoms with Crippen LogP contribution in [0.3, 0.4) is 0 Å². The summed E-state index contributed by atoms with van der Waals surface area (Å²) in [5.74, 6) is 0.431. The van der Waals surface area contributed by atoms with Crippen LogP contribution >= 0.6 is 22.6 Å². The molecule has 3 nitrogen and oxygen atoms in total. The van der Waals surface area contributed by atoms with Crippen molar-refractivity contribution in [3.8, 4) is 0 Å². The maximum atomic E-state index is 11.8. The van der Waals surface area contributed by atoms with Gasteiger partial charge in [0.25, 0.3) is 0 Å². The number of fused-ring (bicyclic) bond motifs is 1. The molecule has 0 amide bonds. The number of halogens is 1. The highest BCUT2D eigenvalue weighted by Gasteiger charge is 2.18.